The Hall–Kier alpha value is -2.67. The summed E-state index contributed by atoms with van der Waals surface area (Å²) in [6, 6.07) is 20.5. The molecule has 3 aromatic rings. The SMILES string of the molecule is CCOc1cc(C(=S)N2CCN(Cc3ccccc3)CC2)cc(Cl)c1OCc1cccc(F)c1. The van der Waals surface area contributed by atoms with E-state index in [0.717, 1.165) is 43.3 Å². The first-order valence-electron chi connectivity index (χ1n) is 11.4. The van der Waals surface area contributed by atoms with Crippen LogP contribution >= 0.6 is 23.8 Å². The highest BCUT2D eigenvalue weighted by molar-refractivity contribution is 7.80. The van der Waals surface area contributed by atoms with Gasteiger partial charge in [0.2, 0.25) is 0 Å². The van der Waals surface area contributed by atoms with Crippen LogP contribution in [-0.2, 0) is 13.2 Å². The van der Waals surface area contributed by atoms with Gasteiger partial charge < -0.3 is 14.4 Å². The third kappa shape index (κ3) is 6.26. The zero-order chi connectivity index (χ0) is 23.9. The molecule has 3 aromatic carbocycles. The van der Waals surface area contributed by atoms with Crippen LogP contribution in [0.25, 0.3) is 0 Å². The number of ether oxygens (including phenoxy) is 2. The lowest BCUT2D eigenvalue weighted by Gasteiger charge is -2.36. The fourth-order valence-corrected chi connectivity index (χ4v) is 4.58. The van der Waals surface area contributed by atoms with Crippen LogP contribution in [0.4, 0.5) is 4.39 Å². The molecule has 4 nitrogen and oxygen atoms in total. The highest BCUT2D eigenvalue weighted by Crippen LogP contribution is 2.38. The van der Waals surface area contributed by atoms with Crippen molar-refractivity contribution in [1.82, 2.24) is 9.80 Å². The van der Waals surface area contributed by atoms with Crippen LogP contribution in [0.5, 0.6) is 11.5 Å². The van der Waals surface area contributed by atoms with Gasteiger partial charge in [0, 0.05) is 38.3 Å². The largest absolute Gasteiger partial charge is 0.490 e. The molecule has 7 heteroatoms. The Bertz CT molecular complexity index is 1120. The molecule has 0 spiro atoms. The van der Waals surface area contributed by atoms with Crippen molar-refractivity contribution < 1.29 is 13.9 Å². The quantitative estimate of drug-likeness (QED) is 0.357. The van der Waals surface area contributed by atoms with Crippen molar-refractivity contribution in [1.29, 1.82) is 0 Å². The van der Waals surface area contributed by atoms with E-state index in [9.17, 15) is 4.39 Å². The van der Waals surface area contributed by atoms with E-state index in [0.29, 0.717) is 28.7 Å². The van der Waals surface area contributed by atoms with Crippen LogP contribution in [0.15, 0.2) is 66.7 Å². The van der Waals surface area contributed by atoms with Crippen LogP contribution in [-0.4, -0.2) is 47.6 Å². The maximum absolute atomic E-state index is 13.5. The standard InChI is InChI=1S/C27H28ClFN2O2S/c1-2-32-25-17-22(16-24(28)26(25)33-19-21-9-6-10-23(29)15-21)27(34)31-13-11-30(12-14-31)18-20-7-4-3-5-8-20/h3-10,15-17H,2,11-14,18-19H2,1H3. The van der Waals surface area contributed by atoms with Gasteiger partial charge in [0.25, 0.3) is 0 Å². The molecule has 1 aliphatic heterocycles. The fourth-order valence-electron chi connectivity index (χ4n) is 4.01. The van der Waals surface area contributed by atoms with Gasteiger partial charge in [0.1, 0.15) is 17.4 Å². The van der Waals surface area contributed by atoms with Gasteiger partial charge in [0.05, 0.1) is 11.6 Å². The Morgan fingerprint density at radius 1 is 0.941 bits per heavy atom. The van der Waals surface area contributed by atoms with Gasteiger partial charge in [-0.25, -0.2) is 4.39 Å². The number of halogens is 2. The molecule has 4 rings (SSSR count). The number of piperazine rings is 1. The maximum Gasteiger partial charge on any atom is 0.180 e. The zero-order valence-electron chi connectivity index (χ0n) is 19.2. The molecule has 1 saturated heterocycles. The summed E-state index contributed by atoms with van der Waals surface area (Å²) in [7, 11) is 0. The number of nitrogens with zero attached hydrogens (tertiary/aromatic N) is 2. The van der Waals surface area contributed by atoms with E-state index in [4.69, 9.17) is 33.3 Å². The minimum absolute atomic E-state index is 0.185. The van der Waals surface area contributed by atoms with Crippen molar-refractivity contribution in [2.45, 2.75) is 20.1 Å². The monoisotopic (exact) mass is 498 g/mol. The second kappa shape index (κ2) is 11.6. The van der Waals surface area contributed by atoms with Gasteiger partial charge in [-0.1, -0.05) is 66.3 Å². The van der Waals surface area contributed by atoms with E-state index >= 15 is 0 Å². The maximum atomic E-state index is 13.5. The van der Waals surface area contributed by atoms with Gasteiger partial charge in [0.15, 0.2) is 11.5 Å². The lowest BCUT2D eigenvalue weighted by Crippen LogP contribution is -2.48. The first-order valence-corrected chi connectivity index (χ1v) is 12.2. The molecule has 1 heterocycles. The third-order valence-electron chi connectivity index (χ3n) is 5.74. The summed E-state index contributed by atoms with van der Waals surface area (Å²) in [6.45, 7) is 7.08. The lowest BCUT2D eigenvalue weighted by molar-refractivity contribution is 0.177. The molecule has 0 bridgehead atoms. The smallest absolute Gasteiger partial charge is 0.180 e. The van der Waals surface area contributed by atoms with Crippen molar-refractivity contribution >= 4 is 28.8 Å². The molecular weight excluding hydrogens is 471 g/mol. The number of thiocarbonyl (C=S) groups is 1. The highest BCUT2D eigenvalue weighted by Gasteiger charge is 2.22. The molecule has 0 atom stereocenters. The summed E-state index contributed by atoms with van der Waals surface area (Å²) in [5.74, 6) is 0.667. The minimum Gasteiger partial charge on any atom is -0.490 e. The molecule has 0 radical (unpaired) electrons. The molecule has 0 aliphatic carbocycles. The van der Waals surface area contributed by atoms with E-state index < -0.39 is 0 Å². The zero-order valence-corrected chi connectivity index (χ0v) is 20.7. The summed E-state index contributed by atoms with van der Waals surface area (Å²) in [5, 5.41) is 0.419. The van der Waals surface area contributed by atoms with Crippen molar-refractivity contribution in [3.63, 3.8) is 0 Å². The summed E-state index contributed by atoms with van der Waals surface area (Å²) >= 11 is 12.4. The van der Waals surface area contributed by atoms with Gasteiger partial charge in [-0.05, 0) is 42.3 Å². The Morgan fingerprint density at radius 3 is 2.38 bits per heavy atom. The molecule has 0 aromatic heterocycles. The van der Waals surface area contributed by atoms with Crippen molar-refractivity contribution in [2.75, 3.05) is 32.8 Å². The summed E-state index contributed by atoms with van der Waals surface area (Å²) in [5.41, 5.74) is 2.87. The van der Waals surface area contributed by atoms with Crippen LogP contribution in [0, 0.1) is 5.82 Å². The number of hydrogen-bond donors (Lipinski definition) is 0. The van der Waals surface area contributed by atoms with Crippen LogP contribution < -0.4 is 9.47 Å². The minimum atomic E-state index is -0.304. The van der Waals surface area contributed by atoms with Gasteiger partial charge in [-0.2, -0.15) is 0 Å². The Balaban J connectivity index is 1.42. The second-order valence-electron chi connectivity index (χ2n) is 8.19. The van der Waals surface area contributed by atoms with E-state index in [1.54, 1.807) is 12.1 Å². The lowest BCUT2D eigenvalue weighted by atomic mass is 10.1. The van der Waals surface area contributed by atoms with Crippen LogP contribution in [0.1, 0.15) is 23.6 Å². The normalized spacial score (nSPS) is 14.1. The molecule has 1 fully saturated rings. The molecule has 0 saturated carbocycles. The molecular formula is C27H28ClFN2O2S. The van der Waals surface area contributed by atoms with E-state index in [-0.39, 0.29) is 12.4 Å². The molecule has 0 N–H and O–H groups in total. The van der Waals surface area contributed by atoms with Gasteiger partial charge in [-0.15, -0.1) is 0 Å². The first-order chi connectivity index (χ1) is 16.5. The average Bonchev–Trinajstić information content (AvgIpc) is 2.84. The van der Waals surface area contributed by atoms with Gasteiger partial charge in [-0.3, -0.25) is 4.90 Å². The fraction of sp³-hybridized carbons (Fsp3) is 0.296. The Labute approximate surface area is 210 Å². The van der Waals surface area contributed by atoms with Crippen LogP contribution in [0.2, 0.25) is 5.02 Å². The number of rotatable bonds is 8. The average molecular weight is 499 g/mol. The Morgan fingerprint density at radius 2 is 1.68 bits per heavy atom. The van der Waals surface area contributed by atoms with E-state index in [2.05, 4.69) is 34.1 Å². The topological polar surface area (TPSA) is 24.9 Å². The molecule has 0 amide bonds. The second-order valence-corrected chi connectivity index (χ2v) is 8.98. The van der Waals surface area contributed by atoms with Gasteiger partial charge >= 0.3 is 0 Å². The summed E-state index contributed by atoms with van der Waals surface area (Å²) < 4.78 is 25.2. The molecule has 178 valence electrons. The van der Waals surface area contributed by atoms with Crippen molar-refractivity contribution in [2.24, 2.45) is 0 Å². The first kappa shape index (κ1) is 24.5. The summed E-state index contributed by atoms with van der Waals surface area (Å²) in [6.07, 6.45) is 0. The molecule has 0 unspecified atom stereocenters. The van der Waals surface area contributed by atoms with E-state index in [1.165, 1.54) is 17.7 Å². The van der Waals surface area contributed by atoms with E-state index in [1.807, 2.05) is 25.1 Å². The molecule has 34 heavy (non-hydrogen) atoms. The number of benzene rings is 3. The Kier molecular flexibility index (Phi) is 8.38. The predicted molar refractivity (Wildman–Crippen MR) is 138 cm³/mol. The van der Waals surface area contributed by atoms with Crippen molar-refractivity contribution in [3.8, 4) is 11.5 Å². The summed E-state index contributed by atoms with van der Waals surface area (Å²) in [4.78, 5) is 5.40. The van der Waals surface area contributed by atoms with Crippen LogP contribution in [0.3, 0.4) is 0 Å². The predicted octanol–water partition coefficient (Wildman–Crippen LogP) is 5.95. The van der Waals surface area contributed by atoms with Crippen molar-refractivity contribution in [3.05, 3.63) is 94.3 Å². The third-order valence-corrected chi connectivity index (χ3v) is 6.51. The molecule has 1 aliphatic rings. The highest BCUT2D eigenvalue weighted by atomic mass is 35.5. The number of hydrogen-bond acceptors (Lipinski definition) is 4.